The molecule has 0 bridgehead atoms. The average Bonchev–Trinajstić information content (AvgIpc) is 2.35. The van der Waals surface area contributed by atoms with E-state index in [1.54, 1.807) is 0 Å². The Morgan fingerprint density at radius 1 is 1.00 bits per heavy atom. The standard InChI is InChI=1S/C13H23BO2/c1-6-7-8-9-10-11-14-15-12(2,3)13(4,5)16-14/h6-9H2,1-5H3. The van der Waals surface area contributed by atoms with E-state index in [1.807, 2.05) is 27.7 Å². The third-order valence-corrected chi connectivity index (χ3v) is 3.38. The summed E-state index contributed by atoms with van der Waals surface area (Å²) < 4.78 is 11.5. The van der Waals surface area contributed by atoms with Crippen LogP contribution in [-0.2, 0) is 9.31 Å². The van der Waals surface area contributed by atoms with Crippen molar-refractivity contribution in [3.8, 4) is 11.7 Å². The molecule has 0 aliphatic carbocycles. The lowest BCUT2D eigenvalue weighted by Gasteiger charge is -2.32. The molecule has 2 nitrogen and oxygen atoms in total. The Labute approximate surface area is 100 Å². The van der Waals surface area contributed by atoms with Gasteiger partial charge in [0.25, 0.3) is 0 Å². The average molecular weight is 222 g/mol. The highest BCUT2D eigenvalue weighted by molar-refractivity contribution is 6.55. The van der Waals surface area contributed by atoms with Gasteiger partial charge >= 0.3 is 7.12 Å². The molecule has 0 aromatic carbocycles. The first-order valence-electron chi connectivity index (χ1n) is 6.23. The molecule has 1 fully saturated rings. The summed E-state index contributed by atoms with van der Waals surface area (Å²) in [5.41, 5.74) is -0.536. The first-order valence-corrected chi connectivity index (χ1v) is 6.23. The van der Waals surface area contributed by atoms with Crippen LogP contribution >= 0.6 is 0 Å². The molecule has 0 atom stereocenters. The van der Waals surface area contributed by atoms with E-state index in [4.69, 9.17) is 9.31 Å². The Morgan fingerprint density at radius 3 is 2.06 bits per heavy atom. The third-order valence-electron chi connectivity index (χ3n) is 3.38. The zero-order chi connectivity index (χ0) is 12.2. The smallest absolute Gasteiger partial charge is 0.392 e. The molecule has 0 aromatic rings. The molecule has 90 valence electrons. The molecule has 1 aliphatic rings. The van der Waals surface area contributed by atoms with Crippen LogP contribution in [0.25, 0.3) is 0 Å². The maximum atomic E-state index is 5.77. The van der Waals surface area contributed by atoms with Gasteiger partial charge in [-0.3, -0.25) is 0 Å². The Hall–Kier alpha value is -0.455. The van der Waals surface area contributed by atoms with Crippen LogP contribution < -0.4 is 0 Å². The second-order valence-electron chi connectivity index (χ2n) is 5.37. The van der Waals surface area contributed by atoms with Gasteiger partial charge in [-0.25, -0.2) is 0 Å². The highest BCUT2D eigenvalue weighted by Gasteiger charge is 2.50. The fourth-order valence-electron chi connectivity index (χ4n) is 1.52. The van der Waals surface area contributed by atoms with Crippen LogP contribution in [0.5, 0.6) is 0 Å². The molecule has 1 rings (SSSR count). The van der Waals surface area contributed by atoms with Gasteiger partial charge in [0, 0.05) is 6.42 Å². The minimum absolute atomic E-state index is 0.268. The van der Waals surface area contributed by atoms with Crippen molar-refractivity contribution in [1.82, 2.24) is 0 Å². The lowest BCUT2D eigenvalue weighted by atomic mass is 9.90. The second-order valence-corrected chi connectivity index (χ2v) is 5.37. The normalized spacial score (nSPS) is 21.7. The van der Waals surface area contributed by atoms with Crippen molar-refractivity contribution in [3.05, 3.63) is 0 Å². The van der Waals surface area contributed by atoms with Crippen LogP contribution in [0.3, 0.4) is 0 Å². The second kappa shape index (κ2) is 5.25. The summed E-state index contributed by atoms with van der Waals surface area (Å²) in [4.78, 5) is 0. The summed E-state index contributed by atoms with van der Waals surface area (Å²) in [5, 5.41) is 0. The molecule has 0 radical (unpaired) electrons. The fourth-order valence-corrected chi connectivity index (χ4v) is 1.52. The van der Waals surface area contributed by atoms with Crippen molar-refractivity contribution in [2.45, 2.75) is 71.5 Å². The molecule has 1 aliphatic heterocycles. The van der Waals surface area contributed by atoms with E-state index in [1.165, 1.54) is 19.3 Å². The van der Waals surface area contributed by atoms with Crippen molar-refractivity contribution in [3.63, 3.8) is 0 Å². The molecule has 0 amide bonds. The van der Waals surface area contributed by atoms with Gasteiger partial charge in [0.2, 0.25) is 0 Å². The van der Waals surface area contributed by atoms with Gasteiger partial charge in [-0.2, -0.15) is 0 Å². The molecule has 0 saturated carbocycles. The minimum Gasteiger partial charge on any atom is -0.392 e. The Kier molecular flexibility index (Phi) is 4.47. The van der Waals surface area contributed by atoms with E-state index in [9.17, 15) is 0 Å². The van der Waals surface area contributed by atoms with Crippen LogP contribution in [-0.4, -0.2) is 18.3 Å². The maximum absolute atomic E-state index is 5.77. The van der Waals surface area contributed by atoms with E-state index in [0.717, 1.165) is 6.42 Å². The SMILES string of the molecule is CCCCCC#CB1OC(C)(C)C(C)(C)O1. The van der Waals surface area contributed by atoms with Gasteiger partial charge in [-0.1, -0.05) is 25.6 Å². The highest BCUT2D eigenvalue weighted by atomic mass is 16.7. The molecule has 16 heavy (non-hydrogen) atoms. The van der Waals surface area contributed by atoms with Crippen LogP contribution in [0.4, 0.5) is 0 Å². The lowest BCUT2D eigenvalue weighted by Crippen LogP contribution is -2.41. The summed E-state index contributed by atoms with van der Waals surface area (Å²) >= 11 is 0. The van der Waals surface area contributed by atoms with E-state index in [0.29, 0.717) is 0 Å². The van der Waals surface area contributed by atoms with Crippen molar-refractivity contribution in [2.24, 2.45) is 0 Å². The van der Waals surface area contributed by atoms with E-state index in [-0.39, 0.29) is 18.3 Å². The zero-order valence-corrected chi connectivity index (χ0v) is 11.2. The van der Waals surface area contributed by atoms with E-state index < -0.39 is 0 Å². The topological polar surface area (TPSA) is 18.5 Å². The maximum Gasteiger partial charge on any atom is 0.551 e. The Balaban J connectivity index is 2.41. The molecule has 0 N–H and O–H groups in total. The van der Waals surface area contributed by atoms with Gasteiger partial charge in [-0.15, -0.1) is 5.92 Å². The molecule has 0 aromatic heterocycles. The summed E-state index contributed by atoms with van der Waals surface area (Å²) in [5.74, 6) is 6.19. The summed E-state index contributed by atoms with van der Waals surface area (Å²) in [6, 6.07) is 0. The zero-order valence-electron chi connectivity index (χ0n) is 11.2. The molecule has 3 heteroatoms. The Morgan fingerprint density at radius 2 is 1.56 bits per heavy atom. The predicted molar refractivity (Wildman–Crippen MR) is 68.0 cm³/mol. The van der Waals surface area contributed by atoms with E-state index >= 15 is 0 Å². The minimum atomic E-state index is -0.355. The van der Waals surface area contributed by atoms with Crippen molar-refractivity contribution < 1.29 is 9.31 Å². The molecule has 1 heterocycles. The number of hydrogen-bond donors (Lipinski definition) is 0. The predicted octanol–water partition coefficient (Wildman–Crippen LogP) is 3.20. The summed E-state index contributed by atoms with van der Waals surface area (Å²) in [6.45, 7) is 10.4. The van der Waals surface area contributed by atoms with Crippen molar-refractivity contribution >= 4 is 7.12 Å². The van der Waals surface area contributed by atoms with Crippen LogP contribution in [0.1, 0.15) is 60.3 Å². The lowest BCUT2D eigenvalue weighted by molar-refractivity contribution is 0.00578. The van der Waals surface area contributed by atoms with Gasteiger partial charge < -0.3 is 9.31 Å². The van der Waals surface area contributed by atoms with Gasteiger partial charge in [0.15, 0.2) is 0 Å². The summed E-state index contributed by atoms with van der Waals surface area (Å²) in [7, 11) is -0.355. The molecule has 1 saturated heterocycles. The van der Waals surface area contributed by atoms with E-state index in [2.05, 4.69) is 18.7 Å². The van der Waals surface area contributed by atoms with Gasteiger partial charge in [-0.05, 0) is 34.1 Å². The summed E-state index contributed by atoms with van der Waals surface area (Å²) in [6.07, 6.45) is 4.59. The molecule has 0 unspecified atom stereocenters. The van der Waals surface area contributed by atoms with Crippen molar-refractivity contribution in [1.29, 1.82) is 0 Å². The monoisotopic (exact) mass is 222 g/mol. The fraction of sp³-hybridized carbons (Fsp3) is 0.846. The molecule has 0 spiro atoms. The molecular formula is C13H23BO2. The quantitative estimate of drug-likeness (QED) is 0.414. The van der Waals surface area contributed by atoms with Crippen LogP contribution in [0.2, 0.25) is 0 Å². The number of unbranched alkanes of at least 4 members (excludes halogenated alkanes) is 3. The van der Waals surface area contributed by atoms with Crippen molar-refractivity contribution in [2.75, 3.05) is 0 Å². The van der Waals surface area contributed by atoms with Crippen LogP contribution in [0.15, 0.2) is 0 Å². The number of rotatable bonds is 3. The van der Waals surface area contributed by atoms with Gasteiger partial charge in [0.05, 0.1) is 11.2 Å². The Bertz CT molecular complexity index is 270. The highest BCUT2D eigenvalue weighted by Crippen LogP contribution is 2.36. The van der Waals surface area contributed by atoms with Crippen LogP contribution in [0, 0.1) is 11.7 Å². The largest absolute Gasteiger partial charge is 0.551 e. The third kappa shape index (κ3) is 3.27. The first kappa shape index (κ1) is 13.6. The number of hydrogen-bond acceptors (Lipinski definition) is 2. The molecular weight excluding hydrogens is 199 g/mol. The van der Waals surface area contributed by atoms with Gasteiger partial charge in [0.1, 0.15) is 0 Å². The first-order chi connectivity index (χ1) is 7.39.